The van der Waals surface area contributed by atoms with Gasteiger partial charge in [0, 0.05) is 38.4 Å². The zero-order valence-electron chi connectivity index (χ0n) is 12.8. The molecule has 2 heterocycles. The van der Waals surface area contributed by atoms with Crippen LogP contribution in [0.1, 0.15) is 25.8 Å². The van der Waals surface area contributed by atoms with Crippen molar-refractivity contribution in [3.8, 4) is 5.88 Å². The summed E-state index contributed by atoms with van der Waals surface area (Å²) in [5.74, 6) is 1.61. The van der Waals surface area contributed by atoms with E-state index in [2.05, 4.69) is 34.0 Å². The van der Waals surface area contributed by atoms with Crippen LogP contribution in [0.3, 0.4) is 0 Å². The fraction of sp³-hybridized carbons (Fsp3) is 0.600. The van der Waals surface area contributed by atoms with Gasteiger partial charge in [0.05, 0.1) is 7.11 Å². The normalized spacial score (nSPS) is 18.2. The van der Waals surface area contributed by atoms with Gasteiger partial charge in [-0.2, -0.15) is 0 Å². The number of aromatic nitrogens is 1. The van der Waals surface area contributed by atoms with Crippen LogP contribution in [-0.4, -0.2) is 43.1 Å². The van der Waals surface area contributed by atoms with E-state index in [0.29, 0.717) is 17.8 Å². The van der Waals surface area contributed by atoms with Gasteiger partial charge in [-0.1, -0.05) is 19.9 Å². The Balaban J connectivity index is 1.98. The summed E-state index contributed by atoms with van der Waals surface area (Å²) in [6, 6.07) is 3.93. The van der Waals surface area contributed by atoms with Gasteiger partial charge in [0.15, 0.2) is 5.96 Å². The Hall–Kier alpha value is -1.78. The van der Waals surface area contributed by atoms with Gasteiger partial charge in [-0.25, -0.2) is 4.98 Å². The van der Waals surface area contributed by atoms with Crippen molar-refractivity contribution < 1.29 is 4.74 Å². The third-order valence-electron chi connectivity index (χ3n) is 3.67. The molecule has 0 spiro atoms. The van der Waals surface area contributed by atoms with E-state index in [0.717, 1.165) is 24.6 Å². The van der Waals surface area contributed by atoms with Crippen molar-refractivity contribution >= 4 is 5.96 Å². The molecule has 20 heavy (non-hydrogen) atoms. The Morgan fingerprint density at radius 2 is 2.35 bits per heavy atom. The minimum Gasteiger partial charge on any atom is -0.481 e. The third kappa shape index (κ3) is 3.40. The van der Waals surface area contributed by atoms with Crippen LogP contribution in [0.5, 0.6) is 5.88 Å². The van der Waals surface area contributed by atoms with Crippen LogP contribution in [-0.2, 0) is 6.54 Å². The lowest BCUT2D eigenvalue weighted by Crippen LogP contribution is -2.40. The topological polar surface area (TPSA) is 49.8 Å². The zero-order valence-corrected chi connectivity index (χ0v) is 12.8. The van der Waals surface area contributed by atoms with Gasteiger partial charge in [-0.3, -0.25) is 4.99 Å². The van der Waals surface area contributed by atoms with Gasteiger partial charge in [0.2, 0.25) is 5.88 Å². The number of likely N-dealkylation sites (tertiary alicyclic amines) is 1. The molecular weight excluding hydrogens is 252 g/mol. The van der Waals surface area contributed by atoms with Crippen LogP contribution in [0.4, 0.5) is 0 Å². The molecule has 1 fully saturated rings. The predicted molar refractivity (Wildman–Crippen MR) is 81.0 cm³/mol. The highest BCUT2D eigenvalue weighted by Crippen LogP contribution is 2.28. The first-order valence-electron chi connectivity index (χ1n) is 6.99. The quantitative estimate of drug-likeness (QED) is 0.676. The van der Waals surface area contributed by atoms with Gasteiger partial charge in [0.25, 0.3) is 0 Å². The summed E-state index contributed by atoms with van der Waals surface area (Å²) >= 11 is 0. The largest absolute Gasteiger partial charge is 0.481 e. The van der Waals surface area contributed by atoms with Gasteiger partial charge in [-0.15, -0.1) is 0 Å². The molecule has 1 aromatic heterocycles. The van der Waals surface area contributed by atoms with Crippen LogP contribution < -0.4 is 10.1 Å². The highest BCUT2D eigenvalue weighted by Gasteiger charge is 2.30. The first-order valence-corrected chi connectivity index (χ1v) is 6.99. The van der Waals surface area contributed by atoms with E-state index in [-0.39, 0.29) is 0 Å². The highest BCUT2D eigenvalue weighted by molar-refractivity contribution is 5.80. The van der Waals surface area contributed by atoms with Crippen molar-refractivity contribution in [1.82, 2.24) is 15.2 Å². The number of methoxy groups -OCH3 is 1. The minimum absolute atomic E-state index is 0.365. The maximum atomic E-state index is 5.27. The summed E-state index contributed by atoms with van der Waals surface area (Å²) in [5.41, 5.74) is 1.40. The van der Waals surface area contributed by atoms with E-state index in [1.807, 2.05) is 19.2 Å². The lowest BCUT2D eigenvalue weighted by Gasteiger charge is -2.23. The summed E-state index contributed by atoms with van der Waals surface area (Å²) in [4.78, 5) is 10.9. The Kier molecular flexibility index (Phi) is 4.47. The Bertz CT molecular complexity index is 485. The number of pyridine rings is 1. The Labute approximate surface area is 121 Å². The summed E-state index contributed by atoms with van der Waals surface area (Å²) in [6.07, 6.45) is 2.93. The van der Waals surface area contributed by atoms with Gasteiger partial charge < -0.3 is 15.0 Å². The molecular formula is C15H24N4O. The summed E-state index contributed by atoms with van der Waals surface area (Å²) in [7, 11) is 3.47. The fourth-order valence-electron chi connectivity index (χ4n) is 2.54. The highest BCUT2D eigenvalue weighted by atomic mass is 16.5. The smallest absolute Gasteiger partial charge is 0.218 e. The maximum Gasteiger partial charge on any atom is 0.218 e. The van der Waals surface area contributed by atoms with Crippen LogP contribution in [0, 0.1) is 5.41 Å². The summed E-state index contributed by atoms with van der Waals surface area (Å²) in [6.45, 7) is 7.35. The van der Waals surface area contributed by atoms with E-state index < -0.39 is 0 Å². The zero-order chi connectivity index (χ0) is 14.6. The number of aliphatic imine (C=N–C) groups is 1. The molecule has 110 valence electrons. The number of ether oxygens (including phenoxy) is 1. The van der Waals surface area contributed by atoms with Crippen molar-refractivity contribution in [2.75, 3.05) is 27.2 Å². The van der Waals surface area contributed by atoms with E-state index in [1.165, 1.54) is 6.42 Å². The van der Waals surface area contributed by atoms with Gasteiger partial charge in [-0.05, 0) is 17.9 Å². The second-order valence-corrected chi connectivity index (χ2v) is 5.91. The molecule has 0 amide bonds. The molecule has 0 aromatic carbocycles. The number of hydrogen-bond donors (Lipinski definition) is 1. The van der Waals surface area contributed by atoms with Gasteiger partial charge >= 0.3 is 0 Å². The van der Waals surface area contributed by atoms with E-state index in [1.54, 1.807) is 13.3 Å². The maximum absolute atomic E-state index is 5.27. The number of hydrogen-bond acceptors (Lipinski definition) is 3. The molecule has 1 aliphatic rings. The van der Waals surface area contributed by atoms with E-state index >= 15 is 0 Å². The van der Waals surface area contributed by atoms with E-state index in [9.17, 15) is 0 Å². The average molecular weight is 276 g/mol. The van der Waals surface area contributed by atoms with Crippen molar-refractivity contribution in [2.45, 2.75) is 26.8 Å². The lowest BCUT2D eigenvalue weighted by atomic mass is 9.93. The van der Waals surface area contributed by atoms with Gasteiger partial charge in [0.1, 0.15) is 0 Å². The number of guanidine groups is 1. The number of nitrogens with one attached hydrogen (secondary N) is 1. The molecule has 1 N–H and O–H groups in total. The lowest BCUT2D eigenvalue weighted by molar-refractivity contribution is 0.369. The molecule has 1 aliphatic heterocycles. The number of nitrogens with zero attached hydrogens (tertiary/aromatic N) is 3. The monoisotopic (exact) mass is 276 g/mol. The molecule has 0 aliphatic carbocycles. The standard InChI is InChI=1S/C15H24N4O/c1-15(2)7-9-19(11-15)14(16-3)18-10-12-6-5-8-17-13(12)20-4/h5-6,8H,7,9-11H2,1-4H3,(H,16,18). The van der Waals surface area contributed by atoms with Crippen LogP contribution in [0.25, 0.3) is 0 Å². The van der Waals surface area contributed by atoms with Crippen LogP contribution in [0.15, 0.2) is 23.3 Å². The Morgan fingerprint density at radius 1 is 1.55 bits per heavy atom. The molecule has 2 rings (SSSR count). The first kappa shape index (κ1) is 14.6. The van der Waals surface area contributed by atoms with Crippen molar-refractivity contribution in [1.29, 1.82) is 0 Å². The molecule has 5 heteroatoms. The van der Waals surface area contributed by atoms with Crippen molar-refractivity contribution in [3.05, 3.63) is 23.9 Å². The Morgan fingerprint density at radius 3 is 2.95 bits per heavy atom. The fourth-order valence-corrected chi connectivity index (χ4v) is 2.54. The average Bonchev–Trinajstić information content (AvgIpc) is 2.80. The second kappa shape index (κ2) is 6.11. The second-order valence-electron chi connectivity index (χ2n) is 5.91. The van der Waals surface area contributed by atoms with Crippen LogP contribution >= 0.6 is 0 Å². The molecule has 0 saturated carbocycles. The summed E-state index contributed by atoms with van der Waals surface area (Å²) in [5, 5.41) is 3.40. The molecule has 0 bridgehead atoms. The first-order chi connectivity index (χ1) is 9.55. The third-order valence-corrected chi connectivity index (χ3v) is 3.67. The molecule has 0 unspecified atom stereocenters. The molecule has 5 nitrogen and oxygen atoms in total. The van der Waals surface area contributed by atoms with Crippen molar-refractivity contribution in [2.24, 2.45) is 10.4 Å². The SMILES string of the molecule is CN=C(NCc1cccnc1OC)N1CCC(C)(C)C1. The van der Waals surface area contributed by atoms with Crippen LogP contribution in [0.2, 0.25) is 0 Å². The molecule has 0 radical (unpaired) electrons. The molecule has 1 saturated heterocycles. The molecule has 1 aromatic rings. The minimum atomic E-state index is 0.365. The number of rotatable bonds is 3. The molecule has 0 atom stereocenters. The van der Waals surface area contributed by atoms with Crippen molar-refractivity contribution in [3.63, 3.8) is 0 Å². The predicted octanol–water partition coefficient (Wildman–Crippen LogP) is 1.90. The summed E-state index contributed by atoms with van der Waals surface area (Å²) < 4.78 is 5.27. The van der Waals surface area contributed by atoms with E-state index in [4.69, 9.17) is 4.74 Å².